The molecule has 0 aliphatic rings. The van der Waals surface area contributed by atoms with E-state index in [-0.39, 0.29) is 22.8 Å². The zero-order valence-corrected chi connectivity index (χ0v) is 12.2. The van der Waals surface area contributed by atoms with E-state index in [1.54, 1.807) is 11.3 Å². The number of carbonyl (C=O) groups is 1. The number of aryl methyl sites for hydroxylation is 1. The fourth-order valence-electron chi connectivity index (χ4n) is 1.54. The highest BCUT2D eigenvalue weighted by Gasteiger charge is 2.16. The number of benzene rings is 1. The van der Waals surface area contributed by atoms with Gasteiger partial charge >= 0.3 is 0 Å². The molecule has 0 atom stereocenters. The van der Waals surface area contributed by atoms with E-state index in [2.05, 4.69) is 6.92 Å². The summed E-state index contributed by atoms with van der Waals surface area (Å²) in [5, 5.41) is 0. The molecule has 1 heterocycles. The van der Waals surface area contributed by atoms with Gasteiger partial charge in [0.15, 0.2) is 5.69 Å². The molecule has 0 fully saturated rings. The van der Waals surface area contributed by atoms with E-state index < -0.39 is 0 Å². The van der Waals surface area contributed by atoms with Crippen LogP contribution in [0.15, 0.2) is 35.8 Å². The van der Waals surface area contributed by atoms with Gasteiger partial charge in [-0.05, 0) is 6.92 Å². The van der Waals surface area contributed by atoms with Crippen molar-refractivity contribution in [3.63, 3.8) is 0 Å². The molecule has 0 amide bonds. The smallest absolute Gasteiger partial charge is 0.227 e. The first-order chi connectivity index (χ1) is 7.68. The van der Waals surface area contributed by atoms with E-state index in [9.17, 15) is 4.79 Å². The Labute approximate surface area is 116 Å². The van der Waals surface area contributed by atoms with Gasteiger partial charge in [-0.15, -0.1) is 0 Å². The van der Waals surface area contributed by atoms with Crippen molar-refractivity contribution in [2.45, 2.75) is 20.4 Å². The first-order valence-corrected chi connectivity index (χ1v) is 6.09. The molecule has 1 aromatic heterocycles. The third-order valence-corrected chi connectivity index (χ3v) is 3.72. The van der Waals surface area contributed by atoms with Crippen LogP contribution < -0.4 is 21.5 Å². The Morgan fingerprint density at radius 3 is 2.41 bits per heavy atom. The minimum atomic E-state index is 0. The average Bonchev–Trinajstić information content (AvgIpc) is 2.62. The van der Waals surface area contributed by atoms with Crippen LogP contribution in [0, 0.1) is 13.8 Å². The molecule has 2 nitrogen and oxygen atoms in total. The summed E-state index contributed by atoms with van der Waals surface area (Å²) in [6, 6.07) is 9.42. The lowest BCUT2D eigenvalue weighted by Gasteiger charge is -1.97. The molecule has 17 heavy (non-hydrogen) atoms. The molecular formula is C13H14BrNOS. The Morgan fingerprint density at radius 1 is 1.24 bits per heavy atom. The second-order valence-corrected chi connectivity index (χ2v) is 4.84. The van der Waals surface area contributed by atoms with Crippen LogP contribution in [-0.2, 0) is 6.54 Å². The first-order valence-electron chi connectivity index (χ1n) is 5.21. The fourth-order valence-corrected chi connectivity index (χ4v) is 2.34. The minimum absolute atomic E-state index is 0. The SMILES string of the molecule is Cc1sc[n+](CC(=O)c2ccccc2)c1C.[Br-]. The van der Waals surface area contributed by atoms with E-state index >= 15 is 0 Å². The number of rotatable bonds is 3. The standard InChI is InChI=1S/C13H14NOS.BrH/c1-10-11(2)16-9-14(10)8-13(15)12-6-4-3-5-7-12;/h3-7,9H,8H2,1-2H3;1H/q+1;/p-1. The Balaban J connectivity index is 0.00000144. The number of halogens is 1. The molecule has 0 aliphatic carbocycles. The summed E-state index contributed by atoms with van der Waals surface area (Å²) >= 11 is 1.68. The molecule has 0 radical (unpaired) electrons. The van der Waals surface area contributed by atoms with Crippen molar-refractivity contribution in [3.8, 4) is 0 Å². The van der Waals surface area contributed by atoms with Gasteiger partial charge in [0.05, 0.1) is 4.88 Å². The summed E-state index contributed by atoms with van der Waals surface area (Å²) in [4.78, 5) is 13.2. The molecule has 0 unspecified atom stereocenters. The van der Waals surface area contributed by atoms with Crippen molar-refractivity contribution < 1.29 is 26.3 Å². The van der Waals surface area contributed by atoms with Crippen molar-refractivity contribution in [2.75, 3.05) is 0 Å². The van der Waals surface area contributed by atoms with Gasteiger partial charge in [-0.3, -0.25) is 4.79 Å². The largest absolute Gasteiger partial charge is 1.00 e. The van der Waals surface area contributed by atoms with Gasteiger partial charge in [0.2, 0.25) is 17.8 Å². The molecule has 0 spiro atoms. The number of thiazole rings is 1. The van der Waals surface area contributed by atoms with Crippen LogP contribution in [0.3, 0.4) is 0 Å². The zero-order chi connectivity index (χ0) is 11.5. The highest BCUT2D eigenvalue weighted by atomic mass is 79.9. The Bertz CT molecular complexity index is 507. The number of ketones is 1. The highest BCUT2D eigenvalue weighted by Crippen LogP contribution is 2.08. The molecular weight excluding hydrogens is 298 g/mol. The molecule has 0 N–H and O–H groups in total. The Morgan fingerprint density at radius 2 is 1.88 bits per heavy atom. The predicted molar refractivity (Wildman–Crippen MR) is 64.8 cm³/mol. The van der Waals surface area contributed by atoms with Crippen LogP contribution in [0.5, 0.6) is 0 Å². The molecule has 90 valence electrons. The third kappa shape index (κ3) is 3.23. The van der Waals surface area contributed by atoms with Gasteiger partial charge in [0, 0.05) is 12.5 Å². The molecule has 0 saturated carbocycles. The van der Waals surface area contributed by atoms with E-state index in [1.807, 2.05) is 47.3 Å². The second kappa shape index (κ2) is 6.07. The van der Waals surface area contributed by atoms with Crippen molar-refractivity contribution in [1.29, 1.82) is 0 Å². The van der Waals surface area contributed by atoms with Gasteiger partial charge in [0.25, 0.3) is 0 Å². The van der Waals surface area contributed by atoms with Crippen LogP contribution in [0.2, 0.25) is 0 Å². The van der Waals surface area contributed by atoms with Gasteiger partial charge in [0.1, 0.15) is 0 Å². The van der Waals surface area contributed by atoms with Crippen LogP contribution in [0.25, 0.3) is 0 Å². The average molecular weight is 312 g/mol. The lowest BCUT2D eigenvalue weighted by molar-refractivity contribution is -0.684. The van der Waals surface area contributed by atoms with Crippen molar-refractivity contribution >= 4 is 17.1 Å². The fraction of sp³-hybridized carbons (Fsp3) is 0.231. The van der Waals surface area contributed by atoms with Crippen molar-refractivity contribution in [2.24, 2.45) is 0 Å². The summed E-state index contributed by atoms with van der Waals surface area (Å²) in [6.07, 6.45) is 0. The number of carbonyl (C=O) groups excluding carboxylic acids is 1. The highest BCUT2D eigenvalue weighted by molar-refractivity contribution is 7.09. The first kappa shape index (κ1) is 14.1. The van der Waals surface area contributed by atoms with Crippen LogP contribution in [0.4, 0.5) is 0 Å². The number of hydrogen-bond donors (Lipinski definition) is 0. The molecule has 0 bridgehead atoms. The van der Waals surface area contributed by atoms with Gasteiger partial charge in [-0.1, -0.05) is 41.7 Å². The predicted octanol–water partition coefficient (Wildman–Crippen LogP) is -0.461. The lowest BCUT2D eigenvalue weighted by atomic mass is 10.1. The van der Waals surface area contributed by atoms with E-state index in [0.29, 0.717) is 6.54 Å². The maximum atomic E-state index is 12.0. The topological polar surface area (TPSA) is 20.9 Å². The van der Waals surface area contributed by atoms with Crippen LogP contribution >= 0.6 is 11.3 Å². The van der Waals surface area contributed by atoms with Crippen LogP contribution in [-0.4, -0.2) is 5.78 Å². The van der Waals surface area contributed by atoms with E-state index in [4.69, 9.17) is 0 Å². The Hall–Kier alpha value is -1.00. The van der Waals surface area contributed by atoms with Gasteiger partial charge in [-0.25, -0.2) is 0 Å². The summed E-state index contributed by atoms with van der Waals surface area (Å²) < 4.78 is 2.01. The second-order valence-electron chi connectivity index (χ2n) is 3.78. The molecule has 2 aromatic rings. The van der Waals surface area contributed by atoms with Gasteiger partial charge < -0.3 is 17.0 Å². The normalized spacial score (nSPS) is 9.76. The minimum Gasteiger partial charge on any atom is -1.00 e. The Kier molecular flexibility index (Phi) is 5.02. The molecule has 0 saturated heterocycles. The molecule has 1 aromatic carbocycles. The maximum absolute atomic E-state index is 12.0. The van der Waals surface area contributed by atoms with E-state index in [1.165, 1.54) is 10.6 Å². The summed E-state index contributed by atoms with van der Waals surface area (Å²) in [6.45, 7) is 4.55. The van der Waals surface area contributed by atoms with Gasteiger partial charge in [-0.2, -0.15) is 4.57 Å². The number of hydrogen-bond acceptors (Lipinski definition) is 2. The summed E-state index contributed by atoms with van der Waals surface area (Å²) in [5.74, 6) is 0.159. The molecule has 4 heteroatoms. The maximum Gasteiger partial charge on any atom is 0.227 e. The molecule has 0 aliphatic heterocycles. The zero-order valence-electron chi connectivity index (χ0n) is 9.81. The summed E-state index contributed by atoms with van der Waals surface area (Å²) in [5.41, 5.74) is 3.96. The number of Topliss-reactive ketones (excluding diaryl/α,β-unsaturated/α-hetero) is 1. The quantitative estimate of drug-likeness (QED) is 0.555. The van der Waals surface area contributed by atoms with E-state index in [0.717, 1.165) is 5.56 Å². The number of aromatic nitrogens is 1. The third-order valence-electron chi connectivity index (χ3n) is 2.71. The monoisotopic (exact) mass is 311 g/mol. The number of nitrogens with zero attached hydrogens (tertiary/aromatic N) is 1. The van der Waals surface area contributed by atoms with Crippen LogP contribution in [0.1, 0.15) is 20.9 Å². The van der Waals surface area contributed by atoms with Crippen molar-refractivity contribution in [1.82, 2.24) is 0 Å². The summed E-state index contributed by atoms with van der Waals surface area (Å²) in [7, 11) is 0. The molecule has 2 rings (SSSR count). The lowest BCUT2D eigenvalue weighted by Crippen LogP contribution is -3.00. The van der Waals surface area contributed by atoms with Crippen molar-refractivity contribution in [3.05, 3.63) is 52.0 Å².